The van der Waals surface area contributed by atoms with Crippen molar-refractivity contribution in [2.24, 2.45) is 0 Å². The second-order valence-electron chi connectivity index (χ2n) is 5.34. The minimum absolute atomic E-state index is 0.212. The number of amides is 1. The molecule has 0 unspecified atom stereocenters. The molecule has 2 aromatic rings. The molecule has 6 nitrogen and oxygen atoms in total. The molecule has 2 rings (SSSR count). The van der Waals surface area contributed by atoms with E-state index >= 15 is 0 Å². The molecule has 1 amide bonds. The first-order valence-electron chi connectivity index (χ1n) is 7.13. The minimum atomic E-state index is -0.212. The van der Waals surface area contributed by atoms with Gasteiger partial charge in [-0.25, -0.2) is 9.97 Å². The van der Waals surface area contributed by atoms with Gasteiger partial charge in [0.15, 0.2) is 0 Å². The monoisotopic (exact) mass is 299 g/mol. The van der Waals surface area contributed by atoms with Crippen LogP contribution in [-0.2, 0) is 0 Å². The molecule has 2 N–H and O–H groups in total. The molecule has 0 aliphatic rings. The molecule has 22 heavy (non-hydrogen) atoms. The number of rotatable bonds is 6. The van der Waals surface area contributed by atoms with Crippen LogP contribution in [0.15, 0.2) is 36.7 Å². The van der Waals surface area contributed by atoms with Crippen LogP contribution < -0.4 is 10.6 Å². The molecule has 0 radical (unpaired) electrons. The van der Waals surface area contributed by atoms with Crippen LogP contribution >= 0.6 is 0 Å². The summed E-state index contributed by atoms with van der Waals surface area (Å²) in [7, 11) is 3.91. The van der Waals surface area contributed by atoms with Crippen LogP contribution in [0.25, 0.3) is 0 Å². The largest absolute Gasteiger partial charge is 0.349 e. The van der Waals surface area contributed by atoms with Gasteiger partial charge in [0.2, 0.25) is 0 Å². The Morgan fingerprint density at radius 2 is 1.86 bits per heavy atom. The van der Waals surface area contributed by atoms with Gasteiger partial charge in [0.1, 0.15) is 11.5 Å². The van der Waals surface area contributed by atoms with E-state index < -0.39 is 0 Å². The zero-order chi connectivity index (χ0) is 15.9. The van der Waals surface area contributed by atoms with Crippen molar-refractivity contribution in [3.8, 4) is 0 Å². The summed E-state index contributed by atoms with van der Waals surface area (Å²) in [5, 5.41) is 5.95. The van der Waals surface area contributed by atoms with Crippen LogP contribution in [0.1, 0.15) is 16.1 Å². The molecule has 0 aliphatic carbocycles. The minimum Gasteiger partial charge on any atom is -0.349 e. The number of likely N-dealkylation sites (N-methyl/N-ethyl adjacent to an activating group) is 1. The summed E-state index contributed by atoms with van der Waals surface area (Å²) in [4.78, 5) is 22.2. The number of carbonyl (C=O) groups is 1. The lowest BCUT2D eigenvalue weighted by Gasteiger charge is -2.10. The summed E-state index contributed by atoms with van der Waals surface area (Å²) in [6.45, 7) is 3.40. The van der Waals surface area contributed by atoms with Crippen LogP contribution in [0.2, 0.25) is 0 Å². The van der Waals surface area contributed by atoms with Gasteiger partial charge in [-0.3, -0.25) is 4.79 Å². The number of hydrogen-bond donors (Lipinski definition) is 2. The molecular formula is C16H21N5O. The van der Waals surface area contributed by atoms with Crippen molar-refractivity contribution in [1.82, 2.24) is 20.2 Å². The maximum Gasteiger partial charge on any atom is 0.271 e. The van der Waals surface area contributed by atoms with Crippen molar-refractivity contribution >= 4 is 17.4 Å². The molecule has 1 heterocycles. The Balaban J connectivity index is 1.92. The number of anilines is 2. The van der Waals surface area contributed by atoms with Crippen molar-refractivity contribution in [1.29, 1.82) is 0 Å². The fourth-order valence-electron chi connectivity index (χ4n) is 1.78. The summed E-state index contributed by atoms with van der Waals surface area (Å²) in [5.41, 5.74) is 2.44. The summed E-state index contributed by atoms with van der Waals surface area (Å²) in [5.74, 6) is 0.393. The third-order valence-electron chi connectivity index (χ3n) is 3.05. The average molecular weight is 299 g/mol. The lowest BCUT2D eigenvalue weighted by molar-refractivity contribution is 0.0945. The van der Waals surface area contributed by atoms with E-state index in [1.54, 1.807) is 6.20 Å². The summed E-state index contributed by atoms with van der Waals surface area (Å²) < 4.78 is 0. The number of benzene rings is 1. The molecule has 1 aromatic heterocycles. The molecule has 1 aromatic carbocycles. The topological polar surface area (TPSA) is 70.2 Å². The summed E-state index contributed by atoms with van der Waals surface area (Å²) in [6, 6.07) is 7.97. The summed E-state index contributed by atoms with van der Waals surface area (Å²) >= 11 is 0. The van der Waals surface area contributed by atoms with E-state index in [1.807, 2.05) is 50.2 Å². The van der Waals surface area contributed by atoms with Crippen molar-refractivity contribution in [2.45, 2.75) is 6.92 Å². The molecule has 0 bridgehead atoms. The zero-order valence-corrected chi connectivity index (χ0v) is 13.1. The molecule has 0 aliphatic heterocycles. The van der Waals surface area contributed by atoms with Crippen LogP contribution in [-0.4, -0.2) is 48.0 Å². The lowest BCUT2D eigenvalue weighted by atomic mass is 10.2. The Hall–Kier alpha value is -2.47. The predicted octanol–water partition coefficient (Wildman–Crippen LogP) is 1.82. The third kappa shape index (κ3) is 4.82. The van der Waals surface area contributed by atoms with Crippen molar-refractivity contribution in [2.75, 3.05) is 32.5 Å². The van der Waals surface area contributed by atoms with E-state index in [1.165, 1.54) is 11.8 Å². The molecule has 6 heteroatoms. The van der Waals surface area contributed by atoms with Gasteiger partial charge in [-0.15, -0.1) is 0 Å². The first-order chi connectivity index (χ1) is 10.5. The highest BCUT2D eigenvalue weighted by atomic mass is 16.1. The van der Waals surface area contributed by atoms with E-state index in [0.29, 0.717) is 18.1 Å². The standard InChI is InChI=1S/C16H21N5O/c1-12-4-6-13(7-5-12)20-15-11-18-14(10-19-15)16(22)17-8-9-21(2)3/h4-7,10-11H,8-9H2,1-3H3,(H,17,22)(H,19,20). The van der Waals surface area contributed by atoms with Gasteiger partial charge in [0.25, 0.3) is 5.91 Å². The highest BCUT2D eigenvalue weighted by molar-refractivity contribution is 5.92. The quantitative estimate of drug-likeness (QED) is 0.851. The van der Waals surface area contributed by atoms with E-state index in [-0.39, 0.29) is 5.91 Å². The normalized spacial score (nSPS) is 10.5. The van der Waals surface area contributed by atoms with Crippen LogP contribution in [0.5, 0.6) is 0 Å². The lowest BCUT2D eigenvalue weighted by Crippen LogP contribution is -2.31. The van der Waals surface area contributed by atoms with Gasteiger partial charge in [-0.05, 0) is 33.2 Å². The summed E-state index contributed by atoms with van der Waals surface area (Å²) in [6.07, 6.45) is 3.03. The number of aromatic nitrogens is 2. The van der Waals surface area contributed by atoms with Crippen molar-refractivity contribution < 1.29 is 4.79 Å². The van der Waals surface area contributed by atoms with Gasteiger partial charge < -0.3 is 15.5 Å². The van der Waals surface area contributed by atoms with Crippen molar-refractivity contribution in [3.05, 3.63) is 47.9 Å². The van der Waals surface area contributed by atoms with E-state index in [4.69, 9.17) is 0 Å². The molecule has 0 saturated heterocycles. The molecule has 0 saturated carbocycles. The van der Waals surface area contributed by atoms with Gasteiger partial charge in [-0.1, -0.05) is 17.7 Å². The number of hydrogen-bond acceptors (Lipinski definition) is 5. The number of aryl methyl sites for hydroxylation is 1. The Morgan fingerprint density at radius 1 is 1.14 bits per heavy atom. The highest BCUT2D eigenvalue weighted by Crippen LogP contribution is 2.14. The number of nitrogens with zero attached hydrogens (tertiary/aromatic N) is 3. The molecule has 0 spiro atoms. The second-order valence-corrected chi connectivity index (χ2v) is 5.34. The Morgan fingerprint density at radius 3 is 2.45 bits per heavy atom. The second kappa shape index (κ2) is 7.51. The van der Waals surface area contributed by atoms with Gasteiger partial charge in [-0.2, -0.15) is 0 Å². The average Bonchev–Trinajstić information content (AvgIpc) is 2.50. The van der Waals surface area contributed by atoms with Gasteiger partial charge in [0, 0.05) is 18.8 Å². The Kier molecular flexibility index (Phi) is 5.43. The molecule has 0 atom stereocenters. The molecule has 116 valence electrons. The van der Waals surface area contributed by atoms with Crippen LogP contribution in [0.4, 0.5) is 11.5 Å². The Bertz CT molecular complexity index is 607. The fourth-order valence-corrected chi connectivity index (χ4v) is 1.78. The van der Waals surface area contributed by atoms with E-state index in [0.717, 1.165) is 12.2 Å². The SMILES string of the molecule is Cc1ccc(Nc2cnc(C(=O)NCCN(C)C)cn2)cc1. The first kappa shape index (κ1) is 15.9. The maximum absolute atomic E-state index is 11.9. The maximum atomic E-state index is 11.9. The van der Waals surface area contributed by atoms with Crippen LogP contribution in [0.3, 0.4) is 0 Å². The fraction of sp³-hybridized carbons (Fsp3) is 0.312. The number of carbonyl (C=O) groups excluding carboxylic acids is 1. The molecular weight excluding hydrogens is 278 g/mol. The zero-order valence-electron chi connectivity index (χ0n) is 13.1. The Labute approximate surface area is 130 Å². The number of nitrogens with one attached hydrogen (secondary N) is 2. The van der Waals surface area contributed by atoms with Gasteiger partial charge in [0.05, 0.1) is 12.4 Å². The van der Waals surface area contributed by atoms with Gasteiger partial charge >= 0.3 is 0 Å². The smallest absolute Gasteiger partial charge is 0.271 e. The predicted molar refractivity (Wildman–Crippen MR) is 87.4 cm³/mol. The molecule has 0 fully saturated rings. The first-order valence-corrected chi connectivity index (χ1v) is 7.13. The van der Waals surface area contributed by atoms with Crippen LogP contribution in [0, 0.1) is 6.92 Å². The highest BCUT2D eigenvalue weighted by Gasteiger charge is 2.07. The van der Waals surface area contributed by atoms with E-state index in [2.05, 4.69) is 20.6 Å². The van der Waals surface area contributed by atoms with Crippen molar-refractivity contribution in [3.63, 3.8) is 0 Å². The van der Waals surface area contributed by atoms with E-state index in [9.17, 15) is 4.79 Å². The third-order valence-corrected chi connectivity index (χ3v) is 3.05.